The Kier molecular flexibility index (Phi) is 4.91. The van der Waals surface area contributed by atoms with Gasteiger partial charge in [-0.1, -0.05) is 6.92 Å². The van der Waals surface area contributed by atoms with Crippen molar-refractivity contribution in [3.05, 3.63) is 16.1 Å². The number of aromatic nitrogens is 1. The maximum atomic E-state index is 11.6. The summed E-state index contributed by atoms with van der Waals surface area (Å²) in [7, 11) is 0. The Morgan fingerprint density at radius 2 is 2.40 bits per heavy atom. The summed E-state index contributed by atoms with van der Waals surface area (Å²) in [5.41, 5.74) is 0.909. The van der Waals surface area contributed by atoms with Crippen molar-refractivity contribution in [3.63, 3.8) is 0 Å². The van der Waals surface area contributed by atoms with E-state index in [-0.39, 0.29) is 11.8 Å². The Morgan fingerprint density at radius 3 is 2.93 bits per heavy atom. The molecule has 1 unspecified atom stereocenters. The van der Waals surface area contributed by atoms with E-state index >= 15 is 0 Å². The van der Waals surface area contributed by atoms with E-state index in [1.165, 1.54) is 0 Å². The summed E-state index contributed by atoms with van der Waals surface area (Å²) in [5.74, 6) is 0.258. The van der Waals surface area contributed by atoms with Gasteiger partial charge in [-0.25, -0.2) is 4.98 Å². The Balaban J connectivity index is 2.36. The molecular weight excluding hydrogens is 208 g/mol. The van der Waals surface area contributed by atoms with Crippen molar-refractivity contribution < 1.29 is 4.79 Å². The second-order valence-corrected chi connectivity index (χ2v) is 4.80. The summed E-state index contributed by atoms with van der Waals surface area (Å²) in [6, 6.07) is 0.266. The highest BCUT2D eigenvalue weighted by Crippen LogP contribution is 2.09. The number of nitrogens with one attached hydrogen (secondary N) is 1. The lowest BCUT2D eigenvalue weighted by Gasteiger charge is -2.10. The molecule has 0 bridgehead atoms. The van der Waals surface area contributed by atoms with Gasteiger partial charge in [0.15, 0.2) is 0 Å². The molecule has 0 saturated heterocycles. The van der Waals surface area contributed by atoms with Crippen LogP contribution in [-0.2, 0) is 11.2 Å². The highest BCUT2D eigenvalue weighted by atomic mass is 32.1. The molecular formula is C11H18N2OS. The Labute approximate surface area is 94.9 Å². The topological polar surface area (TPSA) is 42.0 Å². The van der Waals surface area contributed by atoms with Gasteiger partial charge in [-0.2, -0.15) is 0 Å². The second-order valence-electron chi connectivity index (χ2n) is 3.74. The third-order valence-corrected chi connectivity index (χ3v) is 2.95. The molecule has 1 N–H and O–H groups in total. The fourth-order valence-electron chi connectivity index (χ4n) is 1.53. The zero-order chi connectivity index (χ0) is 11.3. The van der Waals surface area contributed by atoms with Crippen LogP contribution in [0.25, 0.3) is 0 Å². The number of rotatable bonds is 6. The van der Waals surface area contributed by atoms with Crippen molar-refractivity contribution in [2.75, 3.05) is 6.54 Å². The van der Waals surface area contributed by atoms with Gasteiger partial charge >= 0.3 is 0 Å². The molecule has 0 saturated carbocycles. The van der Waals surface area contributed by atoms with E-state index in [1.807, 2.05) is 26.2 Å². The van der Waals surface area contributed by atoms with Gasteiger partial charge in [0.25, 0.3) is 0 Å². The third-order valence-electron chi connectivity index (χ3n) is 2.13. The minimum Gasteiger partial charge on any atom is -0.314 e. The van der Waals surface area contributed by atoms with Crippen molar-refractivity contribution in [1.29, 1.82) is 0 Å². The van der Waals surface area contributed by atoms with Crippen molar-refractivity contribution in [3.8, 4) is 0 Å². The van der Waals surface area contributed by atoms with Gasteiger partial charge in [0.2, 0.25) is 0 Å². The highest BCUT2D eigenvalue weighted by molar-refractivity contribution is 7.09. The van der Waals surface area contributed by atoms with Gasteiger partial charge in [0, 0.05) is 24.3 Å². The van der Waals surface area contributed by atoms with E-state index in [1.54, 1.807) is 11.3 Å². The van der Waals surface area contributed by atoms with Crippen LogP contribution < -0.4 is 5.32 Å². The summed E-state index contributed by atoms with van der Waals surface area (Å²) < 4.78 is 0. The number of carbonyl (C=O) groups is 1. The molecule has 84 valence electrons. The summed E-state index contributed by atoms with van der Waals surface area (Å²) in [5, 5.41) is 6.22. The number of thiazole rings is 1. The van der Waals surface area contributed by atoms with E-state index in [0.29, 0.717) is 12.8 Å². The number of Topliss-reactive ketones (excluding diaryl/α,β-unsaturated/α-hetero) is 1. The normalized spacial score (nSPS) is 12.7. The number of hydrogen-bond acceptors (Lipinski definition) is 4. The molecule has 0 amide bonds. The molecule has 1 heterocycles. The number of hydrogen-bond donors (Lipinski definition) is 1. The van der Waals surface area contributed by atoms with Crippen LogP contribution in [-0.4, -0.2) is 23.4 Å². The van der Waals surface area contributed by atoms with E-state index in [0.717, 1.165) is 17.2 Å². The molecule has 1 aromatic heterocycles. The van der Waals surface area contributed by atoms with Crippen LogP contribution in [0, 0.1) is 6.92 Å². The lowest BCUT2D eigenvalue weighted by molar-refractivity contribution is -0.118. The Bertz CT molecular complexity index is 322. The van der Waals surface area contributed by atoms with Crippen molar-refractivity contribution in [2.45, 2.75) is 39.7 Å². The standard InChI is InChI=1S/C11H18N2OS/c1-4-12-8(2)5-11(14)6-10-7-15-9(3)13-10/h7-8,12H,4-6H2,1-3H3. The largest absolute Gasteiger partial charge is 0.314 e. The molecule has 1 atom stereocenters. The molecule has 0 aromatic carbocycles. The SMILES string of the molecule is CCNC(C)CC(=O)Cc1csc(C)n1. The average molecular weight is 226 g/mol. The van der Waals surface area contributed by atoms with Crippen LogP contribution in [0.1, 0.15) is 31.0 Å². The molecule has 15 heavy (non-hydrogen) atoms. The van der Waals surface area contributed by atoms with Crippen molar-refractivity contribution >= 4 is 17.1 Å². The Hall–Kier alpha value is -0.740. The van der Waals surface area contributed by atoms with E-state index in [4.69, 9.17) is 0 Å². The second kappa shape index (κ2) is 5.98. The molecule has 1 rings (SSSR count). The number of aryl methyl sites for hydroxylation is 1. The van der Waals surface area contributed by atoms with E-state index in [2.05, 4.69) is 10.3 Å². The quantitative estimate of drug-likeness (QED) is 0.806. The van der Waals surface area contributed by atoms with E-state index < -0.39 is 0 Å². The number of nitrogens with zero attached hydrogens (tertiary/aromatic N) is 1. The molecule has 3 nitrogen and oxygen atoms in total. The van der Waals surface area contributed by atoms with Gasteiger partial charge < -0.3 is 5.32 Å². The van der Waals surface area contributed by atoms with Crippen LogP contribution in [0.5, 0.6) is 0 Å². The molecule has 0 radical (unpaired) electrons. The fourth-order valence-corrected chi connectivity index (χ4v) is 2.14. The van der Waals surface area contributed by atoms with Gasteiger partial charge in [0.1, 0.15) is 5.78 Å². The number of carbonyl (C=O) groups excluding carboxylic acids is 1. The zero-order valence-electron chi connectivity index (χ0n) is 9.54. The third kappa shape index (κ3) is 4.53. The first-order valence-electron chi connectivity index (χ1n) is 5.28. The van der Waals surface area contributed by atoms with Crippen LogP contribution in [0.2, 0.25) is 0 Å². The van der Waals surface area contributed by atoms with Crippen LogP contribution in [0.3, 0.4) is 0 Å². The molecule has 0 aliphatic rings. The molecule has 1 aromatic rings. The first kappa shape index (κ1) is 12.3. The summed E-state index contributed by atoms with van der Waals surface area (Å²) >= 11 is 1.60. The summed E-state index contributed by atoms with van der Waals surface area (Å²) in [6.07, 6.45) is 1.06. The van der Waals surface area contributed by atoms with Crippen LogP contribution in [0.4, 0.5) is 0 Å². The predicted octanol–water partition coefficient (Wildman–Crippen LogP) is 1.95. The molecule has 4 heteroatoms. The molecule has 0 aliphatic carbocycles. The van der Waals surface area contributed by atoms with Crippen molar-refractivity contribution in [1.82, 2.24) is 10.3 Å². The maximum Gasteiger partial charge on any atom is 0.140 e. The minimum absolute atomic E-state index is 0.258. The predicted molar refractivity (Wildman–Crippen MR) is 63.3 cm³/mol. The minimum atomic E-state index is 0.258. The first-order chi connectivity index (χ1) is 7.11. The monoisotopic (exact) mass is 226 g/mol. The van der Waals surface area contributed by atoms with Crippen molar-refractivity contribution in [2.24, 2.45) is 0 Å². The smallest absolute Gasteiger partial charge is 0.140 e. The van der Waals surface area contributed by atoms with Crippen LogP contribution >= 0.6 is 11.3 Å². The van der Waals surface area contributed by atoms with Gasteiger partial charge in [0.05, 0.1) is 10.7 Å². The van der Waals surface area contributed by atoms with E-state index in [9.17, 15) is 4.79 Å². The zero-order valence-corrected chi connectivity index (χ0v) is 10.4. The summed E-state index contributed by atoms with van der Waals surface area (Å²) in [6.45, 7) is 6.95. The molecule has 0 spiro atoms. The first-order valence-corrected chi connectivity index (χ1v) is 6.16. The number of ketones is 1. The maximum absolute atomic E-state index is 11.6. The molecule has 0 aliphatic heterocycles. The lowest BCUT2D eigenvalue weighted by Crippen LogP contribution is -2.28. The van der Waals surface area contributed by atoms with Gasteiger partial charge in [-0.15, -0.1) is 11.3 Å². The Morgan fingerprint density at radius 1 is 1.67 bits per heavy atom. The summed E-state index contributed by atoms with van der Waals surface area (Å²) in [4.78, 5) is 15.9. The highest BCUT2D eigenvalue weighted by Gasteiger charge is 2.10. The van der Waals surface area contributed by atoms with Gasteiger partial charge in [-0.3, -0.25) is 4.79 Å². The lowest BCUT2D eigenvalue weighted by atomic mass is 10.1. The fraction of sp³-hybridized carbons (Fsp3) is 0.636. The van der Waals surface area contributed by atoms with Gasteiger partial charge in [-0.05, 0) is 20.4 Å². The average Bonchev–Trinajstić information content (AvgIpc) is 2.51. The molecule has 0 fully saturated rings. The van der Waals surface area contributed by atoms with Crippen LogP contribution in [0.15, 0.2) is 5.38 Å².